The topological polar surface area (TPSA) is 35.6 Å². The minimum Gasteiger partial charge on any atom is -0.340 e. The highest BCUT2D eigenvalue weighted by atomic mass is 16.2. The van der Waals surface area contributed by atoms with Gasteiger partial charge in [-0.05, 0) is 25.9 Å². The number of hydrogen-bond donors (Lipinski definition) is 1. The van der Waals surface area contributed by atoms with Gasteiger partial charge < -0.3 is 10.2 Å². The Labute approximate surface area is 104 Å². The third kappa shape index (κ3) is 2.63. The van der Waals surface area contributed by atoms with Crippen molar-refractivity contribution in [2.75, 3.05) is 39.3 Å². The summed E-state index contributed by atoms with van der Waals surface area (Å²) in [5.74, 6) is 1.06. The average Bonchev–Trinajstić information content (AvgIpc) is 2.74. The van der Waals surface area contributed by atoms with Crippen LogP contribution >= 0.6 is 0 Å². The summed E-state index contributed by atoms with van der Waals surface area (Å²) in [6.45, 7) is 12.4. The van der Waals surface area contributed by atoms with Gasteiger partial charge in [0.25, 0.3) is 0 Å². The van der Waals surface area contributed by atoms with E-state index in [4.69, 9.17) is 0 Å². The van der Waals surface area contributed by atoms with Gasteiger partial charge in [0.2, 0.25) is 5.91 Å². The van der Waals surface area contributed by atoms with E-state index >= 15 is 0 Å². The van der Waals surface area contributed by atoms with Crippen molar-refractivity contribution in [1.82, 2.24) is 15.1 Å². The van der Waals surface area contributed by atoms with Crippen molar-refractivity contribution in [2.24, 2.45) is 11.8 Å². The summed E-state index contributed by atoms with van der Waals surface area (Å²) in [4.78, 5) is 16.9. The van der Waals surface area contributed by atoms with Crippen molar-refractivity contribution < 1.29 is 4.79 Å². The summed E-state index contributed by atoms with van der Waals surface area (Å²) in [6, 6.07) is 0.502. The Morgan fingerprint density at radius 3 is 2.59 bits per heavy atom. The van der Waals surface area contributed by atoms with Crippen molar-refractivity contribution >= 4 is 5.91 Å². The van der Waals surface area contributed by atoms with Gasteiger partial charge >= 0.3 is 0 Å². The minimum absolute atomic E-state index is 0.204. The Morgan fingerprint density at radius 2 is 2.06 bits per heavy atom. The van der Waals surface area contributed by atoms with E-state index in [1.54, 1.807) is 0 Å². The first-order valence-electron chi connectivity index (χ1n) is 6.87. The largest absolute Gasteiger partial charge is 0.340 e. The zero-order chi connectivity index (χ0) is 12.4. The Morgan fingerprint density at radius 1 is 1.29 bits per heavy atom. The van der Waals surface area contributed by atoms with Gasteiger partial charge in [0.1, 0.15) is 0 Å². The highest BCUT2D eigenvalue weighted by Gasteiger charge is 2.35. The van der Waals surface area contributed by atoms with E-state index in [-0.39, 0.29) is 5.92 Å². The molecule has 0 bridgehead atoms. The van der Waals surface area contributed by atoms with E-state index in [0.29, 0.717) is 17.9 Å². The SMILES string of the molecule is CCN1CCN(C(=O)C2CNCC2C)CC1C. The number of nitrogens with one attached hydrogen (secondary N) is 1. The molecule has 0 saturated carbocycles. The average molecular weight is 239 g/mol. The maximum atomic E-state index is 12.4. The van der Waals surface area contributed by atoms with Crippen LogP contribution in [0.1, 0.15) is 20.8 Å². The lowest BCUT2D eigenvalue weighted by Crippen LogP contribution is -2.55. The summed E-state index contributed by atoms with van der Waals surface area (Å²) in [7, 11) is 0. The molecule has 98 valence electrons. The molecule has 3 atom stereocenters. The summed E-state index contributed by atoms with van der Waals surface area (Å²) >= 11 is 0. The van der Waals surface area contributed by atoms with Gasteiger partial charge in [-0.15, -0.1) is 0 Å². The molecule has 0 radical (unpaired) electrons. The van der Waals surface area contributed by atoms with Gasteiger partial charge in [-0.25, -0.2) is 0 Å². The number of hydrogen-bond acceptors (Lipinski definition) is 3. The fourth-order valence-electron chi connectivity index (χ4n) is 3.04. The molecule has 1 N–H and O–H groups in total. The quantitative estimate of drug-likeness (QED) is 0.757. The van der Waals surface area contributed by atoms with E-state index in [2.05, 4.69) is 35.9 Å². The number of likely N-dealkylation sites (N-methyl/N-ethyl adjacent to an activating group) is 1. The summed E-state index contributed by atoms with van der Waals surface area (Å²) in [5, 5.41) is 3.32. The van der Waals surface area contributed by atoms with Crippen LogP contribution in [0, 0.1) is 11.8 Å². The van der Waals surface area contributed by atoms with Gasteiger partial charge in [0.05, 0.1) is 5.92 Å². The molecule has 0 aromatic carbocycles. The van der Waals surface area contributed by atoms with Crippen molar-refractivity contribution in [1.29, 1.82) is 0 Å². The first-order valence-corrected chi connectivity index (χ1v) is 6.87. The fraction of sp³-hybridized carbons (Fsp3) is 0.923. The van der Waals surface area contributed by atoms with Gasteiger partial charge in [0, 0.05) is 32.2 Å². The summed E-state index contributed by atoms with van der Waals surface area (Å²) < 4.78 is 0. The molecule has 2 aliphatic heterocycles. The zero-order valence-electron chi connectivity index (χ0n) is 11.3. The maximum absolute atomic E-state index is 12.4. The monoisotopic (exact) mass is 239 g/mol. The van der Waals surface area contributed by atoms with E-state index in [0.717, 1.165) is 39.3 Å². The van der Waals surface area contributed by atoms with Crippen LogP contribution in [0.2, 0.25) is 0 Å². The maximum Gasteiger partial charge on any atom is 0.227 e. The molecule has 2 aliphatic rings. The van der Waals surface area contributed by atoms with E-state index < -0.39 is 0 Å². The smallest absolute Gasteiger partial charge is 0.227 e. The van der Waals surface area contributed by atoms with Crippen LogP contribution in [-0.4, -0.2) is 61.0 Å². The summed E-state index contributed by atoms with van der Waals surface area (Å²) in [6.07, 6.45) is 0. The Hall–Kier alpha value is -0.610. The lowest BCUT2D eigenvalue weighted by atomic mass is 9.96. The normalized spacial score (nSPS) is 35.2. The van der Waals surface area contributed by atoms with Crippen LogP contribution in [0.25, 0.3) is 0 Å². The fourth-order valence-corrected chi connectivity index (χ4v) is 3.04. The molecule has 2 fully saturated rings. The van der Waals surface area contributed by atoms with Gasteiger partial charge in [-0.2, -0.15) is 0 Å². The molecule has 2 rings (SSSR count). The third-order valence-electron chi connectivity index (χ3n) is 4.32. The first kappa shape index (κ1) is 12.8. The molecule has 1 amide bonds. The van der Waals surface area contributed by atoms with Crippen LogP contribution in [-0.2, 0) is 4.79 Å². The summed E-state index contributed by atoms with van der Waals surface area (Å²) in [5.41, 5.74) is 0. The second-order valence-electron chi connectivity index (χ2n) is 5.50. The first-order chi connectivity index (χ1) is 8.13. The molecular weight excluding hydrogens is 214 g/mol. The second-order valence-corrected chi connectivity index (χ2v) is 5.50. The predicted molar refractivity (Wildman–Crippen MR) is 68.8 cm³/mol. The number of carbonyl (C=O) groups excluding carboxylic acids is 1. The standard InChI is InChI=1S/C13H25N3O/c1-4-15-5-6-16(9-11(15)3)13(17)12-8-14-7-10(12)2/h10-12,14H,4-9H2,1-3H3. The zero-order valence-corrected chi connectivity index (χ0v) is 11.3. The molecular formula is C13H25N3O. The van der Waals surface area contributed by atoms with Crippen molar-refractivity contribution in [3.63, 3.8) is 0 Å². The number of piperazine rings is 1. The van der Waals surface area contributed by atoms with Gasteiger partial charge in [-0.1, -0.05) is 13.8 Å². The second kappa shape index (κ2) is 5.36. The van der Waals surface area contributed by atoms with Gasteiger partial charge in [0.15, 0.2) is 0 Å². The molecule has 0 spiro atoms. The van der Waals surface area contributed by atoms with Gasteiger partial charge in [-0.3, -0.25) is 9.69 Å². The minimum atomic E-state index is 0.204. The van der Waals surface area contributed by atoms with Crippen LogP contribution in [0.5, 0.6) is 0 Å². The number of rotatable bonds is 2. The lowest BCUT2D eigenvalue weighted by molar-refractivity contribution is -0.138. The molecule has 2 heterocycles. The van der Waals surface area contributed by atoms with Crippen LogP contribution in [0.3, 0.4) is 0 Å². The Balaban J connectivity index is 1.93. The highest BCUT2D eigenvalue weighted by molar-refractivity contribution is 5.80. The van der Waals surface area contributed by atoms with Crippen molar-refractivity contribution in [3.05, 3.63) is 0 Å². The van der Waals surface area contributed by atoms with Crippen LogP contribution in [0.15, 0.2) is 0 Å². The third-order valence-corrected chi connectivity index (χ3v) is 4.32. The predicted octanol–water partition coefficient (Wildman–Crippen LogP) is 0.395. The van der Waals surface area contributed by atoms with Crippen LogP contribution in [0.4, 0.5) is 0 Å². The molecule has 4 nitrogen and oxygen atoms in total. The molecule has 0 aliphatic carbocycles. The Kier molecular flexibility index (Phi) is 4.05. The molecule has 17 heavy (non-hydrogen) atoms. The number of nitrogens with zero attached hydrogens (tertiary/aromatic N) is 2. The van der Waals surface area contributed by atoms with E-state index in [1.165, 1.54) is 0 Å². The molecule has 4 heteroatoms. The molecule has 2 saturated heterocycles. The highest BCUT2D eigenvalue weighted by Crippen LogP contribution is 2.20. The van der Waals surface area contributed by atoms with Crippen molar-refractivity contribution in [2.45, 2.75) is 26.8 Å². The molecule has 3 unspecified atom stereocenters. The van der Waals surface area contributed by atoms with Crippen LogP contribution < -0.4 is 5.32 Å². The molecule has 0 aromatic heterocycles. The van der Waals surface area contributed by atoms with E-state index in [9.17, 15) is 4.79 Å². The lowest BCUT2D eigenvalue weighted by Gasteiger charge is -2.40. The Bertz CT molecular complexity index is 282. The number of carbonyl (C=O) groups is 1. The molecule has 0 aromatic rings. The van der Waals surface area contributed by atoms with E-state index in [1.807, 2.05) is 0 Å². The van der Waals surface area contributed by atoms with Crippen molar-refractivity contribution in [3.8, 4) is 0 Å². The number of amides is 1.